The van der Waals surface area contributed by atoms with E-state index in [1.807, 2.05) is 0 Å². The first-order valence-electron chi connectivity index (χ1n) is 17.2. The summed E-state index contributed by atoms with van der Waals surface area (Å²) >= 11 is 0. The van der Waals surface area contributed by atoms with Gasteiger partial charge in [0.2, 0.25) is 0 Å². The Morgan fingerprint density at radius 2 is 1.60 bits per heavy atom. The summed E-state index contributed by atoms with van der Waals surface area (Å²) < 4.78 is 29.4. The zero-order chi connectivity index (χ0) is 38.4. The fourth-order valence-corrected chi connectivity index (χ4v) is 7.99. The number of phenols is 3. The SMILES string of the molecule is CO[C@H]1C=CO[C@@]2(C)Oc3c(C)c(O)c4c5c(c(O)c(O)c4c3C2=O)NC(=O)[C@](C)(CC(=O)[C@@H]2C[C@@H]2[C@H](O)[C@@H](C)[C@@H](O)[C@@H](C)[C@H](OC(C)=O)[C@@H]1C)O5. The second-order valence-electron chi connectivity index (χ2n) is 14.9. The van der Waals surface area contributed by atoms with E-state index in [9.17, 15) is 44.7 Å². The molecule has 282 valence electrons. The number of amides is 1. The number of benzene rings is 2. The van der Waals surface area contributed by atoms with E-state index in [0.717, 1.165) is 0 Å². The van der Waals surface area contributed by atoms with E-state index < -0.39 is 113 Å². The van der Waals surface area contributed by atoms with Crippen LogP contribution in [0.5, 0.6) is 28.7 Å². The highest BCUT2D eigenvalue weighted by molar-refractivity contribution is 6.23. The number of anilines is 1. The molecule has 1 aliphatic carbocycles. The molecule has 52 heavy (non-hydrogen) atoms. The molecule has 15 heteroatoms. The van der Waals surface area contributed by atoms with Crippen LogP contribution in [0.25, 0.3) is 10.8 Å². The molecule has 4 aliphatic rings. The normalized spacial score (nSPS) is 36.0. The van der Waals surface area contributed by atoms with Crippen LogP contribution in [0.2, 0.25) is 0 Å². The summed E-state index contributed by atoms with van der Waals surface area (Å²) in [6.07, 6.45) is -1.60. The van der Waals surface area contributed by atoms with Crippen molar-refractivity contribution in [2.24, 2.45) is 29.6 Å². The molecule has 3 heterocycles. The van der Waals surface area contributed by atoms with Crippen LogP contribution in [0.3, 0.4) is 0 Å². The zero-order valence-electron chi connectivity index (χ0n) is 30.2. The molecule has 2 aromatic rings. The molecule has 15 nitrogen and oxygen atoms in total. The van der Waals surface area contributed by atoms with Crippen LogP contribution < -0.4 is 14.8 Å². The number of nitrogens with one attached hydrogen (secondary N) is 1. The second kappa shape index (κ2) is 12.8. The number of aliphatic hydroxyl groups excluding tert-OH is 2. The van der Waals surface area contributed by atoms with E-state index >= 15 is 0 Å². The number of ether oxygens (including phenoxy) is 5. The molecule has 1 saturated carbocycles. The second-order valence-corrected chi connectivity index (χ2v) is 14.9. The average molecular weight is 728 g/mol. The number of phenolic OH excluding ortho intramolecular Hbond substituents is 3. The highest BCUT2D eigenvalue weighted by Crippen LogP contribution is 2.59. The van der Waals surface area contributed by atoms with Gasteiger partial charge in [0.05, 0.1) is 41.9 Å². The number of methoxy groups -OCH3 is 1. The van der Waals surface area contributed by atoms with Gasteiger partial charge >= 0.3 is 11.8 Å². The third-order valence-corrected chi connectivity index (χ3v) is 11.3. The summed E-state index contributed by atoms with van der Waals surface area (Å²) in [6.45, 7) is 10.4. The van der Waals surface area contributed by atoms with Gasteiger partial charge in [0, 0.05) is 55.6 Å². The van der Waals surface area contributed by atoms with Gasteiger partial charge in [0.25, 0.3) is 11.7 Å². The topological polar surface area (TPSA) is 228 Å². The van der Waals surface area contributed by atoms with Crippen LogP contribution in [0.1, 0.15) is 70.3 Å². The van der Waals surface area contributed by atoms with E-state index in [2.05, 4.69) is 5.32 Å². The monoisotopic (exact) mass is 727 g/mol. The Morgan fingerprint density at radius 1 is 0.923 bits per heavy atom. The summed E-state index contributed by atoms with van der Waals surface area (Å²) in [4.78, 5) is 53.6. The number of aliphatic hydroxyl groups is 2. The number of Topliss-reactive ketones (excluding diaryl/α,β-unsaturated/α-hetero) is 2. The molecule has 11 atom stereocenters. The average Bonchev–Trinajstić information content (AvgIpc) is 3.85. The van der Waals surface area contributed by atoms with E-state index in [1.165, 1.54) is 47.1 Å². The summed E-state index contributed by atoms with van der Waals surface area (Å²) in [7, 11) is 1.41. The van der Waals surface area contributed by atoms with Gasteiger partial charge in [-0.25, -0.2) is 0 Å². The van der Waals surface area contributed by atoms with Gasteiger partial charge in [-0.05, 0) is 32.3 Å². The molecular formula is C37H45NO14. The Labute approximate surface area is 299 Å². The first-order valence-corrected chi connectivity index (χ1v) is 17.2. The zero-order valence-corrected chi connectivity index (χ0v) is 30.2. The van der Waals surface area contributed by atoms with Crippen molar-refractivity contribution in [3.05, 3.63) is 23.5 Å². The van der Waals surface area contributed by atoms with Gasteiger partial charge in [-0.2, -0.15) is 0 Å². The molecule has 6 rings (SSSR count). The van der Waals surface area contributed by atoms with E-state index in [4.69, 9.17) is 23.7 Å². The number of hydrogen-bond donors (Lipinski definition) is 6. The van der Waals surface area contributed by atoms with Gasteiger partial charge in [0.15, 0.2) is 22.8 Å². The van der Waals surface area contributed by atoms with Crippen molar-refractivity contribution in [2.45, 2.75) is 97.1 Å². The van der Waals surface area contributed by atoms with Crippen LogP contribution in [0, 0.1) is 36.5 Å². The van der Waals surface area contributed by atoms with E-state index in [1.54, 1.807) is 20.8 Å². The lowest BCUT2D eigenvalue weighted by Crippen LogP contribution is -2.50. The van der Waals surface area contributed by atoms with Crippen LogP contribution in [0.4, 0.5) is 5.69 Å². The third-order valence-electron chi connectivity index (χ3n) is 11.3. The smallest absolute Gasteiger partial charge is 0.312 e. The Morgan fingerprint density at radius 3 is 2.23 bits per heavy atom. The minimum absolute atomic E-state index is 0.0557. The van der Waals surface area contributed by atoms with Crippen LogP contribution in [-0.2, 0) is 28.6 Å². The number of esters is 1. The van der Waals surface area contributed by atoms with Crippen molar-refractivity contribution < 1.29 is 68.4 Å². The van der Waals surface area contributed by atoms with Crippen LogP contribution in [-0.4, -0.2) is 91.9 Å². The number of carbonyl (C=O) groups excluding carboxylic acids is 4. The Kier molecular flexibility index (Phi) is 9.16. The largest absolute Gasteiger partial charge is 0.507 e. The summed E-state index contributed by atoms with van der Waals surface area (Å²) in [5.74, 6) is -10.6. The van der Waals surface area contributed by atoms with Crippen molar-refractivity contribution in [2.75, 3.05) is 12.4 Å². The van der Waals surface area contributed by atoms with Gasteiger partial charge in [0.1, 0.15) is 29.1 Å². The number of aromatic hydroxyl groups is 3. The molecule has 3 aliphatic heterocycles. The molecule has 2 aromatic carbocycles. The highest BCUT2D eigenvalue weighted by Gasteiger charge is 2.55. The summed E-state index contributed by atoms with van der Waals surface area (Å²) in [6, 6.07) is 0. The molecular weight excluding hydrogens is 682 g/mol. The first kappa shape index (κ1) is 37.2. The molecule has 6 N–H and O–H groups in total. The number of rotatable bonds is 2. The maximum absolute atomic E-state index is 14.2. The molecule has 0 saturated heterocycles. The fourth-order valence-electron chi connectivity index (χ4n) is 7.99. The molecule has 1 fully saturated rings. The van der Waals surface area contributed by atoms with Crippen LogP contribution in [0.15, 0.2) is 12.3 Å². The molecule has 0 spiro atoms. The lowest BCUT2D eigenvalue weighted by Gasteiger charge is -2.37. The minimum atomic E-state index is -2.05. The molecule has 0 unspecified atom stereocenters. The first-order chi connectivity index (χ1) is 24.3. The van der Waals surface area contributed by atoms with Crippen molar-refractivity contribution in [1.29, 1.82) is 0 Å². The quantitative estimate of drug-likeness (QED) is 0.193. The minimum Gasteiger partial charge on any atom is -0.507 e. The van der Waals surface area contributed by atoms with Crippen molar-refractivity contribution in [3.8, 4) is 28.7 Å². The Balaban J connectivity index is 1.50. The number of fused-ring (bicyclic) bond motifs is 3. The summed E-state index contributed by atoms with van der Waals surface area (Å²) in [5.41, 5.74) is -2.44. The van der Waals surface area contributed by atoms with E-state index in [0.29, 0.717) is 0 Å². The molecule has 1 amide bonds. The maximum Gasteiger partial charge on any atom is 0.312 e. The number of ketones is 2. The van der Waals surface area contributed by atoms with Crippen LogP contribution >= 0.6 is 0 Å². The van der Waals surface area contributed by atoms with Gasteiger partial charge in [-0.1, -0.05) is 20.8 Å². The molecule has 6 bridgehead atoms. The maximum atomic E-state index is 14.2. The van der Waals surface area contributed by atoms with Crippen molar-refractivity contribution in [1.82, 2.24) is 0 Å². The standard InChI is InChI=1S/C37H45NO14/c1-13-21(48-8)9-10-49-37(7)34(46)24-22-23(28(43)16(4)32(24)52-37)33-25(30(45)29(22)44)38-35(47)36(6,51-33)12-20(40)18-11-19(18)27(42)14(2)26(41)15(3)31(13)50-17(5)39/h9-10,13-15,18-19,21,26-27,31,41-45H,11-12H2,1-8H3,(H,38,47)/t13-,14+,15-,18-,19+,21+,26-,27-,31-,36+,37+/m1/s1. The Hall–Kier alpha value is -4.60. The Bertz CT molecular complexity index is 1910. The van der Waals surface area contributed by atoms with Crippen molar-refractivity contribution in [3.63, 3.8) is 0 Å². The third kappa shape index (κ3) is 5.69. The van der Waals surface area contributed by atoms with Crippen molar-refractivity contribution >= 4 is 39.9 Å². The van der Waals surface area contributed by atoms with Gasteiger partial charge < -0.3 is 54.5 Å². The fraction of sp³-hybridized carbons (Fsp3) is 0.568. The highest BCUT2D eigenvalue weighted by atomic mass is 16.7. The molecule has 0 aromatic heterocycles. The van der Waals surface area contributed by atoms with Gasteiger partial charge in [-0.15, -0.1) is 0 Å². The lowest BCUT2D eigenvalue weighted by molar-refractivity contribution is -0.160. The molecule has 0 radical (unpaired) electrons. The predicted octanol–water partition coefficient (Wildman–Crippen LogP) is 3.36. The number of hydrogen-bond acceptors (Lipinski definition) is 14. The van der Waals surface area contributed by atoms with Gasteiger partial charge in [-0.3, -0.25) is 19.2 Å². The predicted molar refractivity (Wildman–Crippen MR) is 182 cm³/mol. The van der Waals surface area contributed by atoms with E-state index in [-0.39, 0.29) is 45.5 Å². The number of carbonyl (C=O) groups is 4. The lowest BCUT2D eigenvalue weighted by atomic mass is 9.79. The summed E-state index contributed by atoms with van der Waals surface area (Å²) in [5, 5.41) is 58.7.